The molecule has 3 rings (SSSR count). The molecule has 210 valence electrons. The first-order valence-corrected chi connectivity index (χ1v) is 9.57. The van der Waals surface area contributed by atoms with Gasteiger partial charge in [0.25, 0.3) is 0 Å². The van der Waals surface area contributed by atoms with E-state index < -0.39 is 92.8 Å². The molecule has 0 saturated heterocycles. The number of carbonyl (C=O) groups excluding carboxylic acids is 1. The number of halogens is 12. The number of nitrogens with zero attached hydrogens (tertiary/aromatic N) is 1. The molecule has 3 aromatic carbocycles. The lowest BCUT2D eigenvalue weighted by Crippen LogP contribution is -2.12. The second-order valence-electron chi connectivity index (χ2n) is 6.64. The standard InChI is InChI=1S/C9H8F4O2.C7HF4N.C7H2F4O/c1-14-9(15-2)6-7(12)4(10)3-5(11)8(6)13;2*8-4-1-5(9)7(11)3(2-12)6(4)10/h3,9H,1-2H3;1H;1-2H. The maximum Gasteiger partial charge on any atom is 0.189 e. The van der Waals surface area contributed by atoms with Gasteiger partial charge in [0.15, 0.2) is 82.4 Å². The van der Waals surface area contributed by atoms with Crippen LogP contribution in [0.25, 0.3) is 0 Å². The first kappa shape index (κ1) is 32.9. The highest BCUT2D eigenvalue weighted by Gasteiger charge is 2.26. The topological polar surface area (TPSA) is 59.3 Å². The van der Waals surface area contributed by atoms with Gasteiger partial charge in [0.05, 0.1) is 11.1 Å². The average Bonchev–Trinajstić information content (AvgIpc) is 2.89. The summed E-state index contributed by atoms with van der Waals surface area (Å²) in [7, 11) is 2.19. The number of aldehydes is 1. The number of carbonyl (C=O) groups is 1. The van der Waals surface area contributed by atoms with Crippen molar-refractivity contribution in [2.45, 2.75) is 6.29 Å². The molecule has 0 aromatic heterocycles. The van der Waals surface area contributed by atoms with E-state index in [-0.39, 0.29) is 24.5 Å². The Kier molecular flexibility index (Phi) is 12.0. The Labute approximate surface area is 210 Å². The summed E-state index contributed by atoms with van der Waals surface area (Å²) in [5.74, 6) is -19.1. The van der Waals surface area contributed by atoms with E-state index in [4.69, 9.17) is 5.26 Å². The monoisotopic (exact) mass is 577 g/mol. The minimum atomic E-state index is -1.68. The van der Waals surface area contributed by atoms with Crippen LogP contribution < -0.4 is 0 Å². The predicted molar refractivity (Wildman–Crippen MR) is 106 cm³/mol. The van der Waals surface area contributed by atoms with Gasteiger partial charge in [0, 0.05) is 32.4 Å². The minimum absolute atomic E-state index is 0.0394. The molecular weight excluding hydrogens is 566 g/mol. The molecule has 0 aliphatic carbocycles. The Morgan fingerprint density at radius 3 is 1.21 bits per heavy atom. The summed E-state index contributed by atoms with van der Waals surface area (Å²) in [6, 6.07) is 1.22. The van der Waals surface area contributed by atoms with Gasteiger partial charge in [-0.05, 0) is 0 Å². The number of hydrogen-bond acceptors (Lipinski definition) is 4. The van der Waals surface area contributed by atoms with Crippen LogP contribution in [0, 0.1) is 81.1 Å². The Balaban J connectivity index is 0.000000295. The van der Waals surface area contributed by atoms with Crippen molar-refractivity contribution >= 4 is 6.29 Å². The van der Waals surface area contributed by atoms with E-state index in [0.29, 0.717) is 0 Å². The number of methoxy groups -OCH3 is 2. The number of benzene rings is 3. The van der Waals surface area contributed by atoms with Gasteiger partial charge < -0.3 is 9.47 Å². The van der Waals surface area contributed by atoms with Crippen molar-refractivity contribution in [3.05, 3.63) is 105 Å². The van der Waals surface area contributed by atoms with Gasteiger partial charge in [0.2, 0.25) is 0 Å². The third-order valence-electron chi connectivity index (χ3n) is 4.30. The van der Waals surface area contributed by atoms with Crippen LogP contribution in [-0.2, 0) is 9.47 Å². The molecule has 0 fully saturated rings. The zero-order valence-electron chi connectivity index (χ0n) is 19.1. The van der Waals surface area contributed by atoms with Gasteiger partial charge in [-0.2, -0.15) is 5.26 Å². The summed E-state index contributed by atoms with van der Waals surface area (Å²) < 4.78 is 160. The van der Waals surface area contributed by atoms with E-state index in [9.17, 15) is 57.5 Å². The molecule has 0 aliphatic heterocycles. The van der Waals surface area contributed by atoms with Gasteiger partial charge in [-0.3, -0.25) is 4.79 Å². The Bertz CT molecular complexity index is 1330. The van der Waals surface area contributed by atoms with Crippen LogP contribution in [0.5, 0.6) is 0 Å². The average molecular weight is 577 g/mol. The van der Waals surface area contributed by atoms with Crippen molar-refractivity contribution in [1.29, 1.82) is 5.26 Å². The Morgan fingerprint density at radius 1 is 0.615 bits per heavy atom. The number of ether oxygens (including phenoxy) is 2. The van der Waals surface area contributed by atoms with Gasteiger partial charge in [0.1, 0.15) is 11.6 Å². The molecule has 0 amide bonds. The fourth-order valence-corrected chi connectivity index (χ4v) is 2.50. The minimum Gasteiger partial charge on any atom is -0.351 e. The number of nitriles is 1. The summed E-state index contributed by atoms with van der Waals surface area (Å²) in [4.78, 5) is 9.94. The lowest BCUT2D eigenvalue weighted by molar-refractivity contribution is -0.110. The van der Waals surface area contributed by atoms with Gasteiger partial charge in [-0.15, -0.1) is 0 Å². The predicted octanol–water partition coefficient (Wildman–Crippen LogP) is 6.70. The highest BCUT2D eigenvalue weighted by Crippen LogP contribution is 2.27. The normalized spacial score (nSPS) is 10.3. The molecule has 3 aromatic rings. The maximum atomic E-state index is 13.1. The molecule has 0 N–H and O–H groups in total. The quantitative estimate of drug-likeness (QED) is 0.150. The fourth-order valence-electron chi connectivity index (χ4n) is 2.50. The zero-order valence-corrected chi connectivity index (χ0v) is 19.1. The molecule has 0 atom stereocenters. The van der Waals surface area contributed by atoms with Crippen molar-refractivity contribution in [2.24, 2.45) is 0 Å². The Morgan fingerprint density at radius 2 is 0.923 bits per heavy atom. The van der Waals surface area contributed by atoms with Crippen molar-refractivity contribution < 1.29 is 67.0 Å². The first-order chi connectivity index (χ1) is 18.2. The molecule has 0 aliphatic rings. The van der Waals surface area contributed by atoms with E-state index in [1.165, 1.54) is 0 Å². The maximum absolute atomic E-state index is 13.1. The second-order valence-corrected chi connectivity index (χ2v) is 6.64. The molecule has 39 heavy (non-hydrogen) atoms. The first-order valence-electron chi connectivity index (χ1n) is 9.57. The van der Waals surface area contributed by atoms with Crippen LogP contribution in [-0.4, -0.2) is 20.5 Å². The van der Waals surface area contributed by atoms with E-state index in [0.717, 1.165) is 20.3 Å². The number of rotatable bonds is 4. The van der Waals surface area contributed by atoms with E-state index >= 15 is 0 Å². The van der Waals surface area contributed by atoms with Crippen LogP contribution in [0.3, 0.4) is 0 Å². The third kappa shape index (κ3) is 7.48. The van der Waals surface area contributed by atoms with Crippen molar-refractivity contribution in [2.75, 3.05) is 14.2 Å². The second kappa shape index (κ2) is 14.2. The SMILES string of the molecule is COC(OC)c1c(F)c(F)cc(F)c1F.N#Cc1c(F)c(F)cc(F)c1F.O=Cc1c(F)c(F)cc(F)c1F. The smallest absolute Gasteiger partial charge is 0.189 e. The Hall–Kier alpha value is -4.10. The molecule has 0 unspecified atom stereocenters. The fraction of sp³-hybridized carbons (Fsp3) is 0.130. The molecule has 0 heterocycles. The largest absolute Gasteiger partial charge is 0.351 e. The van der Waals surface area contributed by atoms with E-state index in [2.05, 4.69) is 9.47 Å². The van der Waals surface area contributed by atoms with Crippen LogP contribution >= 0.6 is 0 Å². The summed E-state index contributed by atoms with van der Waals surface area (Å²) >= 11 is 0. The van der Waals surface area contributed by atoms with Crippen LogP contribution in [0.1, 0.15) is 27.8 Å². The van der Waals surface area contributed by atoms with Gasteiger partial charge in [-0.1, -0.05) is 0 Å². The number of hydrogen-bond donors (Lipinski definition) is 0. The molecular formula is C23H11F12NO3. The molecule has 4 nitrogen and oxygen atoms in total. The highest BCUT2D eigenvalue weighted by molar-refractivity contribution is 5.75. The molecule has 0 bridgehead atoms. The molecule has 16 heteroatoms. The lowest BCUT2D eigenvalue weighted by atomic mass is 10.1. The van der Waals surface area contributed by atoms with Crippen molar-refractivity contribution in [3.8, 4) is 6.07 Å². The lowest BCUT2D eigenvalue weighted by Gasteiger charge is -2.15. The summed E-state index contributed by atoms with van der Waals surface area (Å²) in [6.45, 7) is 0. The van der Waals surface area contributed by atoms with Crippen LogP contribution in [0.2, 0.25) is 0 Å². The zero-order chi connectivity index (χ0) is 30.2. The third-order valence-corrected chi connectivity index (χ3v) is 4.30. The van der Waals surface area contributed by atoms with E-state index in [1.807, 2.05) is 0 Å². The van der Waals surface area contributed by atoms with Crippen LogP contribution in [0.15, 0.2) is 18.2 Å². The van der Waals surface area contributed by atoms with Crippen molar-refractivity contribution in [3.63, 3.8) is 0 Å². The van der Waals surface area contributed by atoms with Crippen molar-refractivity contribution in [1.82, 2.24) is 0 Å². The summed E-state index contributed by atoms with van der Waals surface area (Å²) in [5, 5.41) is 8.08. The summed E-state index contributed by atoms with van der Waals surface area (Å²) in [5.41, 5.74) is -3.39. The summed E-state index contributed by atoms with van der Waals surface area (Å²) in [6.07, 6.45) is -1.77. The molecule has 0 spiro atoms. The van der Waals surface area contributed by atoms with E-state index in [1.54, 1.807) is 0 Å². The molecule has 0 saturated carbocycles. The molecule has 0 radical (unpaired) electrons. The highest BCUT2D eigenvalue weighted by atomic mass is 19.2. The van der Waals surface area contributed by atoms with Crippen LogP contribution in [0.4, 0.5) is 52.7 Å². The van der Waals surface area contributed by atoms with Gasteiger partial charge >= 0.3 is 0 Å². The van der Waals surface area contributed by atoms with Gasteiger partial charge in [-0.25, -0.2) is 52.7 Å².